The standard InChI is InChI=1S/C30H26F2N6O/c1-37-15-21-12-18(7-9-27(21)36-37)23-14-33-28-10-8-19(13-22(23)28)29-34-35-30(39-29)20-4-3-11-38(16-20)17-24-25(31)5-2-6-26(24)32/h2,5-10,12-15,20,33H,3-4,11,16-17H2,1H3/t20-/m1/s1. The molecule has 1 aliphatic rings. The summed E-state index contributed by atoms with van der Waals surface area (Å²) in [6, 6.07) is 16.3. The smallest absolute Gasteiger partial charge is 0.247 e. The molecule has 1 aliphatic heterocycles. The molecule has 4 heterocycles. The number of nitrogens with one attached hydrogen (secondary N) is 1. The number of aromatic amines is 1. The number of halogens is 2. The third-order valence-electron chi connectivity index (χ3n) is 7.60. The predicted octanol–water partition coefficient (Wildman–Crippen LogP) is 6.43. The van der Waals surface area contributed by atoms with Crippen molar-refractivity contribution in [1.82, 2.24) is 29.9 Å². The number of fused-ring (bicyclic) bond motifs is 2. The molecule has 196 valence electrons. The molecule has 3 aromatic heterocycles. The van der Waals surface area contributed by atoms with Gasteiger partial charge in [0.2, 0.25) is 11.8 Å². The van der Waals surface area contributed by atoms with E-state index in [1.54, 1.807) is 0 Å². The zero-order chi connectivity index (χ0) is 26.5. The van der Waals surface area contributed by atoms with Crippen molar-refractivity contribution in [2.24, 2.45) is 7.05 Å². The number of piperidine rings is 1. The number of hydrogen-bond acceptors (Lipinski definition) is 5. The van der Waals surface area contributed by atoms with E-state index in [9.17, 15) is 8.78 Å². The first-order valence-corrected chi connectivity index (χ1v) is 13.1. The molecule has 0 bridgehead atoms. The number of likely N-dealkylation sites (tertiary alicyclic amines) is 1. The Labute approximate surface area is 223 Å². The van der Waals surface area contributed by atoms with Gasteiger partial charge in [0.15, 0.2) is 0 Å². The Balaban J connectivity index is 1.14. The Hall–Kier alpha value is -4.37. The van der Waals surface area contributed by atoms with Gasteiger partial charge in [0.25, 0.3) is 0 Å². The molecule has 1 N–H and O–H groups in total. The van der Waals surface area contributed by atoms with Crippen molar-refractivity contribution in [2.45, 2.75) is 25.3 Å². The molecular formula is C30H26F2N6O. The molecule has 0 saturated carbocycles. The lowest BCUT2D eigenvalue weighted by Crippen LogP contribution is -2.34. The molecule has 39 heavy (non-hydrogen) atoms. The molecule has 1 saturated heterocycles. The van der Waals surface area contributed by atoms with Crippen molar-refractivity contribution in [3.63, 3.8) is 0 Å². The van der Waals surface area contributed by atoms with Gasteiger partial charge in [0, 0.05) is 65.5 Å². The molecule has 1 fully saturated rings. The predicted molar refractivity (Wildman–Crippen MR) is 145 cm³/mol. The summed E-state index contributed by atoms with van der Waals surface area (Å²) in [6.45, 7) is 1.59. The number of benzene rings is 3. The minimum absolute atomic E-state index is 0.00703. The largest absolute Gasteiger partial charge is 0.420 e. The maximum absolute atomic E-state index is 14.2. The molecule has 0 unspecified atom stereocenters. The highest BCUT2D eigenvalue weighted by molar-refractivity contribution is 5.99. The maximum atomic E-state index is 14.2. The lowest BCUT2D eigenvalue weighted by Gasteiger charge is -2.31. The van der Waals surface area contributed by atoms with E-state index in [-0.39, 0.29) is 18.0 Å². The van der Waals surface area contributed by atoms with E-state index in [1.807, 2.05) is 42.3 Å². The van der Waals surface area contributed by atoms with Crippen molar-refractivity contribution in [3.8, 4) is 22.6 Å². The Bertz CT molecular complexity index is 1800. The van der Waals surface area contributed by atoms with Crippen LogP contribution in [0.15, 0.2) is 71.4 Å². The summed E-state index contributed by atoms with van der Waals surface area (Å²) in [6.07, 6.45) is 5.80. The fourth-order valence-corrected chi connectivity index (χ4v) is 5.63. The quantitative estimate of drug-likeness (QED) is 0.281. The van der Waals surface area contributed by atoms with Crippen LogP contribution >= 0.6 is 0 Å². The lowest BCUT2D eigenvalue weighted by molar-refractivity contribution is 0.182. The SMILES string of the molecule is Cn1cc2cc(-c3c[nH]c4ccc(-c5nnc([C@@H]6CCCN(Cc7c(F)cccc7F)C6)o5)cc34)ccc2n1. The molecule has 0 aliphatic carbocycles. The third-order valence-corrected chi connectivity index (χ3v) is 7.60. The normalized spacial score (nSPS) is 16.4. The fourth-order valence-electron chi connectivity index (χ4n) is 5.63. The first kappa shape index (κ1) is 23.7. The Morgan fingerprint density at radius 1 is 1.03 bits per heavy atom. The monoisotopic (exact) mass is 524 g/mol. The number of nitrogens with zero attached hydrogens (tertiary/aromatic N) is 5. The summed E-state index contributed by atoms with van der Waals surface area (Å²) in [5.74, 6) is -0.0131. The van der Waals surface area contributed by atoms with Crippen LogP contribution in [0.2, 0.25) is 0 Å². The summed E-state index contributed by atoms with van der Waals surface area (Å²) in [7, 11) is 1.92. The molecule has 1 atom stereocenters. The van der Waals surface area contributed by atoms with Crippen LogP contribution in [0.5, 0.6) is 0 Å². The van der Waals surface area contributed by atoms with Crippen LogP contribution in [-0.2, 0) is 13.6 Å². The fraction of sp³-hybridized carbons (Fsp3) is 0.233. The zero-order valence-corrected chi connectivity index (χ0v) is 21.4. The van der Waals surface area contributed by atoms with Gasteiger partial charge in [0.1, 0.15) is 11.6 Å². The van der Waals surface area contributed by atoms with E-state index >= 15 is 0 Å². The van der Waals surface area contributed by atoms with Gasteiger partial charge in [-0.2, -0.15) is 5.10 Å². The summed E-state index contributed by atoms with van der Waals surface area (Å²) in [5.41, 5.74) is 5.09. The van der Waals surface area contributed by atoms with E-state index in [1.165, 1.54) is 18.2 Å². The minimum atomic E-state index is -0.517. The summed E-state index contributed by atoms with van der Waals surface area (Å²) in [5, 5.41) is 15.3. The van der Waals surface area contributed by atoms with E-state index < -0.39 is 11.6 Å². The average molecular weight is 525 g/mol. The minimum Gasteiger partial charge on any atom is -0.420 e. The highest BCUT2D eigenvalue weighted by atomic mass is 19.1. The second kappa shape index (κ2) is 9.43. The van der Waals surface area contributed by atoms with Gasteiger partial charge in [-0.1, -0.05) is 12.1 Å². The zero-order valence-electron chi connectivity index (χ0n) is 21.4. The number of rotatable bonds is 5. The van der Waals surface area contributed by atoms with Crippen molar-refractivity contribution in [2.75, 3.05) is 13.1 Å². The Morgan fingerprint density at radius 2 is 1.87 bits per heavy atom. The van der Waals surface area contributed by atoms with Gasteiger partial charge in [-0.25, -0.2) is 8.78 Å². The van der Waals surface area contributed by atoms with E-state index in [0.29, 0.717) is 18.3 Å². The van der Waals surface area contributed by atoms with Crippen LogP contribution in [0, 0.1) is 11.6 Å². The van der Waals surface area contributed by atoms with Gasteiger partial charge in [-0.15, -0.1) is 10.2 Å². The number of aromatic nitrogens is 5. The van der Waals surface area contributed by atoms with Gasteiger partial charge in [-0.3, -0.25) is 9.58 Å². The van der Waals surface area contributed by atoms with Gasteiger partial charge >= 0.3 is 0 Å². The van der Waals surface area contributed by atoms with E-state index in [4.69, 9.17) is 4.42 Å². The van der Waals surface area contributed by atoms with Crippen LogP contribution in [-0.4, -0.2) is 43.0 Å². The van der Waals surface area contributed by atoms with Crippen LogP contribution in [0.3, 0.4) is 0 Å². The number of aryl methyl sites for hydroxylation is 1. The first-order chi connectivity index (χ1) is 19.0. The van der Waals surface area contributed by atoms with Gasteiger partial charge in [0.05, 0.1) is 11.4 Å². The number of H-pyrrole nitrogens is 1. The molecule has 7 rings (SSSR count). The molecule has 0 spiro atoms. The second-order valence-corrected chi connectivity index (χ2v) is 10.3. The maximum Gasteiger partial charge on any atom is 0.247 e. The lowest BCUT2D eigenvalue weighted by atomic mass is 9.97. The second-order valence-electron chi connectivity index (χ2n) is 10.3. The van der Waals surface area contributed by atoms with Gasteiger partial charge < -0.3 is 9.40 Å². The highest BCUT2D eigenvalue weighted by Crippen LogP contribution is 2.34. The first-order valence-electron chi connectivity index (χ1n) is 13.1. The number of hydrogen-bond donors (Lipinski definition) is 1. The van der Waals surface area contributed by atoms with Crippen LogP contribution < -0.4 is 0 Å². The van der Waals surface area contributed by atoms with Crippen molar-refractivity contribution in [1.29, 1.82) is 0 Å². The third kappa shape index (κ3) is 4.38. The average Bonchev–Trinajstić information content (AvgIpc) is 3.68. The molecular weight excluding hydrogens is 498 g/mol. The molecule has 0 amide bonds. The Morgan fingerprint density at radius 3 is 2.74 bits per heavy atom. The van der Waals surface area contributed by atoms with Gasteiger partial charge in [-0.05, 0) is 67.4 Å². The molecule has 3 aromatic carbocycles. The topological polar surface area (TPSA) is 75.8 Å². The molecule has 7 nitrogen and oxygen atoms in total. The highest BCUT2D eigenvalue weighted by Gasteiger charge is 2.27. The van der Waals surface area contributed by atoms with Crippen LogP contribution in [0.25, 0.3) is 44.4 Å². The van der Waals surface area contributed by atoms with Crippen molar-refractivity contribution < 1.29 is 13.2 Å². The van der Waals surface area contributed by atoms with E-state index in [2.05, 4.69) is 43.4 Å². The summed E-state index contributed by atoms with van der Waals surface area (Å²) < 4.78 is 36.4. The molecule has 9 heteroatoms. The van der Waals surface area contributed by atoms with Crippen molar-refractivity contribution in [3.05, 3.63) is 90.1 Å². The van der Waals surface area contributed by atoms with Crippen LogP contribution in [0.4, 0.5) is 8.78 Å². The molecule has 0 radical (unpaired) electrons. The van der Waals surface area contributed by atoms with E-state index in [0.717, 1.165) is 57.9 Å². The summed E-state index contributed by atoms with van der Waals surface area (Å²) in [4.78, 5) is 5.41. The van der Waals surface area contributed by atoms with Crippen LogP contribution in [0.1, 0.15) is 30.2 Å². The van der Waals surface area contributed by atoms with Crippen molar-refractivity contribution >= 4 is 21.8 Å². The summed E-state index contributed by atoms with van der Waals surface area (Å²) >= 11 is 0. The molecule has 6 aromatic rings. The Kier molecular flexibility index (Phi) is 5.73.